The van der Waals surface area contributed by atoms with Gasteiger partial charge in [0, 0.05) is 23.2 Å². The molecule has 0 spiro atoms. The number of hydrogen-bond acceptors (Lipinski definition) is 3. The molecule has 0 radical (unpaired) electrons. The van der Waals surface area contributed by atoms with E-state index < -0.39 is 9.84 Å². The third-order valence-electron chi connectivity index (χ3n) is 4.45. The molecule has 0 aromatic heterocycles. The van der Waals surface area contributed by atoms with E-state index in [2.05, 4.69) is 4.90 Å². The molecule has 0 unspecified atom stereocenters. The summed E-state index contributed by atoms with van der Waals surface area (Å²) in [4.78, 5) is 2.50. The van der Waals surface area contributed by atoms with Crippen LogP contribution in [0.1, 0.15) is 24.8 Å². The Labute approximate surface area is 153 Å². The fraction of sp³-hybridized carbons (Fsp3) is 0.368. The first-order valence-corrected chi connectivity index (χ1v) is 10.4. The molecule has 0 bridgehead atoms. The van der Waals surface area contributed by atoms with Crippen molar-refractivity contribution < 1.29 is 12.8 Å². The first kappa shape index (κ1) is 18.4. The molecule has 3 rings (SSSR count). The van der Waals surface area contributed by atoms with Crippen molar-refractivity contribution in [3.8, 4) is 0 Å². The Morgan fingerprint density at radius 2 is 1.80 bits per heavy atom. The van der Waals surface area contributed by atoms with Gasteiger partial charge in [0.2, 0.25) is 0 Å². The van der Waals surface area contributed by atoms with Crippen LogP contribution in [0.4, 0.5) is 4.39 Å². The summed E-state index contributed by atoms with van der Waals surface area (Å²) in [5, 5.41) is 0.419. The molecule has 25 heavy (non-hydrogen) atoms. The number of nitrogens with zero attached hydrogens (tertiary/aromatic N) is 1. The summed E-state index contributed by atoms with van der Waals surface area (Å²) >= 11 is 6.12. The van der Waals surface area contributed by atoms with Crippen molar-refractivity contribution >= 4 is 21.4 Å². The minimum absolute atomic E-state index is 0.0885. The van der Waals surface area contributed by atoms with E-state index in [9.17, 15) is 12.8 Å². The Balaban J connectivity index is 1.62. The van der Waals surface area contributed by atoms with Crippen LogP contribution in [0.2, 0.25) is 5.02 Å². The molecule has 1 aliphatic carbocycles. The monoisotopic (exact) mass is 381 g/mol. The topological polar surface area (TPSA) is 37.4 Å². The van der Waals surface area contributed by atoms with Crippen molar-refractivity contribution in [2.24, 2.45) is 0 Å². The molecule has 1 aliphatic rings. The van der Waals surface area contributed by atoms with E-state index in [0.29, 0.717) is 41.0 Å². The zero-order valence-electron chi connectivity index (χ0n) is 13.9. The number of hydrogen-bond donors (Lipinski definition) is 0. The van der Waals surface area contributed by atoms with Crippen LogP contribution in [0.15, 0.2) is 53.4 Å². The molecule has 0 amide bonds. The highest BCUT2D eigenvalue weighted by atomic mass is 35.5. The third kappa shape index (κ3) is 4.81. The molecular formula is C19H21ClFNO2S. The molecule has 1 saturated carbocycles. The lowest BCUT2D eigenvalue weighted by Crippen LogP contribution is -2.28. The minimum atomic E-state index is -3.28. The van der Waals surface area contributed by atoms with Crippen LogP contribution in [0.3, 0.4) is 0 Å². The van der Waals surface area contributed by atoms with Crippen molar-refractivity contribution in [2.45, 2.75) is 36.7 Å². The molecule has 2 aromatic carbocycles. The molecule has 134 valence electrons. The standard InChI is InChI=1S/C19H21ClFNO2S/c20-18-8-4-9-19(21)17(18)14-22(15-10-11-15)12-5-13-25(23,24)16-6-2-1-3-7-16/h1-4,6-9,15H,5,10-14H2. The molecule has 0 saturated heterocycles. The summed E-state index contributed by atoms with van der Waals surface area (Å²) in [5.41, 5.74) is 0.488. The summed E-state index contributed by atoms with van der Waals surface area (Å²) in [6.45, 7) is 1.03. The average molecular weight is 382 g/mol. The van der Waals surface area contributed by atoms with Gasteiger partial charge in [0.05, 0.1) is 10.6 Å². The van der Waals surface area contributed by atoms with Gasteiger partial charge in [0.15, 0.2) is 9.84 Å². The fourth-order valence-corrected chi connectivity index (χ4v) is 4.46. The van der Waals surface area contributed by atoms with Gasteiger partial charge in [-0.1, -0.05) is 35.9 Å². The van der Waals surface area contributed by atoms with E-state index in [1.165, 1.54) is 6.07 Å². The van der Waals surface area contributed by atoms with Gasteiger partial charge in [-0.05, 0) is 50.1 Å². The van der Waals surface area contributed by atoms with Crippen LogP contribution in [-0.2, 0) is 16.4 Å². The van der Waals surface area contributed by atoms with Gasteiger partial charge in [-0.3, -0.25) is 4.90 Å². The molecule has 3 nitrogen and oxygen atoms in total. The Kier molecular flexibility index (Phi) is 5.77. The van der Waals surface area contributed by atoms with E-state index >= 15 is 0 Å². The highest BCUT2D eigenvalue weighted by molar-refractivity contribution is 7.91. The van der Waals surface area contributed by atoms with Gasteiger partial charge in [-0.2, -0.15) is 0 Å². The maximum absolute atomic E-state index is 14.0. The first-order valence-electron chi connectivity index (χ1n) is 8.42. The number of rotatable bonds is 8. The first-order chi connectivity index (χ1) is 12.0. The van der Waals surface area contributed by atoms with Crippen LogP contribution in [-0.4, -0.2) is 31.7 Å². The van der Waals surface area contributed by atoms with Gasteiger partial charge in [-0.25, -0.2) is 12.8 Å². The fourth-order valence-electron chi connectivity index (χ4n) is 2.92. The zero-order chi connectivity index (χ0) is 17.9. The second-order valence-electron chi connectivity index (χ2n) is 6.39. The molecule has 0 heterocycles. The minimum Gasteiger partial charge on any atom is -0.296 e. The summed E-state index contributed by atoms with van der Waals surface area (Å²) in [6.07, 6.45) is 2.65. The lowest BCUT2D eigenvalue weighted by atomic mass is 10.2. The largest absolute Gasteiger partial charge is 0.296 e. The van der Waals surface area contributed by atoms with Gasteiger partial charge < -0.3 is 0 Å². The molecule has 0 N–H and O–H groups in total. The zero-order valence-corrected chi connectivity index (χ0v) is 15.4. The second-order valence-corrected chi connectivity index (χ2v) is 8.90. The molecule has 0 aliphatic heterocycles. The Bertz CT molecular complexity index is 802. The maximum atomic E-state index is 14.0. The molecule has 6 heteroatoms. The van der Waals surface area contributed by atoms with Crippen molar-refractivity contribution in [1.82, 2.24) is 4.90 Å². The molecular weight excluding hydrogens is 361 g/mol. The van der Waals surface area contributed by atoms with E-state index in [4.69, 9.17) is 11.6 Å². The van der Waals surface area contributed by atoms with E-state index in [1.54, 1.807) is 42.5 Å². The van der Waals surface area contributed by atoms with Crippen LogP contribution in [0.5, 0.6) is 0 Å². The molecule has 1 fully saturated rings. The van der Waals surface area contributed by atoms with Crippen molar-refractivity contribution in [2.75, 3.05) is 12.3 Å². The molecule has 0 atom stereocenters. The van der Waals surface area contributed by atoms with Crippen molar-refractivity contribution in [3.63, 3.8) is 0 Å². The van der Waals surface area contributed by atoms with Crippen LogP contribution < -0.4 is 0 Å². The predicted molar refractivity (Wildman–Crippen MR) is 98.0 cm³/mol. The van der Waals surface area contributed by atoms with Gasteiger partial charge >= 0.3 is 0 Å². The maximum Gasteiger partial charge on any atom is 0.178 e. The van der Waals surface area contributed by atoms with E-state index in [1.807, 2.05) is 0 Å². The van der Waals surface area contributed by atoms with E-state index in [-0.39, 0.29) is 11.6 Å². The normalized spacial score (nSPS) is 14.8. The highest BCUT2D eigenvalue weighted by Crippen LogP contribution is 2.30. The molecule has 2 aromatic rings. The SMILES string of the molecule is O=S(=O)(CCCN(Cc1c(F)cccc1Cl)C1CC1)c1ccccc1. The summed E-state index contributed by atoms with van der Waals surface area (Å²) < 4.78 is 38.8. The quantitative estimate of drug-likeness (QED) is 0.683. The second kappa shape index (κ2) is 7.85. The Morgan fingerprint density at radius 3 is 2.44 bits per heavy atom. The summed E-state index contributed by atoms with van der Waals surface area (Å²) in [7, 11) is -3.28. The lowest BCUT2D eigenvalue weighted by Gasteiger charge is -2.23. The van der Waals surface area contributed by atoms with Gasteiger partial charge in [0.25, 0.3) is 0 Å². The number of benzene rings is 2. The summed E-state index contributed by atoms with van der Waals surface area (Å²) in [6, 6.07) is 13.6. The Hall–Kier alpha value is -1.43. The van der Waals surface area contributed by atoms with Gasteiger partial charge in [0.1, 0.15) is 5.82 Å². The van der Waals surface area contributed by atoms with Crippen LogP contribution in [0, 0.1) is 5.82 Å². The highest BCUT2D eigenvalue weighted by Gasteiger charge is 2.30. The number of halogens is 2. The number of sulfone groups is 1. The Morgan fingerprint density at radius 1 is 1.08 bits per heavy atom. The average Bonchev–Trinajstić information content (AvgIpc) is 3.42. The summed E-state index contributed by atoms with van der Waals surface area (Å²) in [5.74, 6) is -0.222. The lowest BCUT2D eigenvalue weighted by molar-refractivity contribution is 0.252. The van der Waals surface area contributed by atoms with Crippen molar-refractivity contribution in [3.05, 3.63) is 64.9 Å². The van der Waals surface area contributed by atoms with Crippen molar-refractivity contribution in [1.29, 1.82) is 0 Å². The predicted octanol–water partition coefficient (Wildman–Crippen LogP) is 4.31. The van der Waals surface area contributed by atoms with Crippen LogP contribution in [0.25, 0.3) is 0 Å². The van der Waals surface area contributed by atoms with E-state index in [0.717, 1.165) is 12.8 Å². The smallest absolute Gasteiger partial charge is 0.178 e. The van der Waals surface area contributed by atoms with Gasteiger partial charge in [-0.15, -0.1) is 0 Å². The third-order valence-corrected chi connectivity index (χ3v) is 6.62. The van der Waals surface area contributed by atoms with Crippen LogP contribution >= 0.6 is 11.6 Å².